The second-order valence-corrected chi connectivity index (χ2v) is 10.9. The van der Waals surface area contributed by atoms with E-state index in [-0.39, 0.29) is 28.4 Å². The summed E-state index contributed by atoms with van der Waals surface area (Å²) in [5.74, 6) is -0.0801. The van der Waals surface area contributed by atoms with Crippen LogP contribution in [0.1, 0.15) is 16.8 Å². The molecule has 0 atom stereocenters. The Bertz CT molecular complexity index is 1240. The molecule has 0 saturated carbocycles. The lowest BCUT2D eigenvalue weighted by atomic mass is 10.2. The van der Waals surface area contributed by atoms with Gasteiger partial charge < -0.3 is 14.2 Å². The van der Waals surface area contributed by atoms with Crippen LogP contribution < -0.4 is 19.7 Å². The zero-order chi connectivity index (χ0) is 23.5. The highest BCUT2D eigenvalue weighted by molar-refractivity contribution is 7.89. The van der Waals surface area contributed by atoms with Gasteiger partial charge in [-0.25, -0.2) is 16.8 Å². The molecule has 0 bridgehead atoms. The van der Waals surface area contributed by atoms with E-state index in [0.717, 1.165) is 0 Å². The van der Waals surface area contributed by atoms with Crippen molar-refractivity contribution in [2.45, 2.75) is 16.2 Å². The van der Waals surface area contributed by atoms with E-state index >= 15 is 0 Å². The van der Waals surface area contributed by atoms with E-state index in [1.807, 2.05) is 4.83 Å². The third kappa shape index (κ3) is 5.28. The molecule has 0 aliphatic carbocycles. The fourth-order valence-electron chi connectivity index (χ4n) is 3.29. The highest BCUT2D eigenvalue weighted by Gasteiger charge is 2.27. The Balaban J connectivity index is 1.46. The third-order valence-corrected chi connectivity index (χ3v) is 8.17. The van der Waals surface area contributed by atoms with E-state index in [4.69, 9.17) is 14.2 Å². The Kier molecular flexibility index (Phi) is 6.86. The summed E-state index contributed by atoms with van der Waals surface area (Å²) in [7, 11) is -7.93. The quantitative estimate of drug-likeness (QED) is 0.550. The smallest absolute Gasteiger partial charge is 0.266 e. The number of hydrogen-bond donors (Lipinski definition) is 2. The summed E-state index contributed by atoms with van der Waals surface area (Å²) in [5.41, 5.74) is 2.09. The monoisotopic (exact) mass is 497 g/mol. The summed E-state index contributed by atoms with van der Waals surface area (Å²) >= 11 is 0. The van der Waals surface area contributed by atoms with Gasteiger partial charge >= 0.3 is 0 Å². The first-order valence-electron chi connectivity index (χ1n) is 10.2. The minimum Gasteiger partial charge on any atom is -0.490 e. The highest BCUT2D eigenvalue weighted by Crippen LogP contribution is 2.31. The standard InChI is InChI=1S/C20H23N3O8S2/c24-20(15-3-1-4-17(13-15)33(27,28)23-7-11-29-12-8-23)21-22-32(25,26)16-5-6-18-19(14-16)31-10-2-9-30-18/h1,3-6,13-14,22H,2,7-12H2,(H,21,24). The molecule has 33 heavy (non-hydrogen) atoms. The maximum Gasteiger partial charge on any atom is 0.266 e. The molecule has 1 fully saturated rings. The summed E-state index contributed by atoms with van der Waals surface area (Å²) in [6, 6.07) is 9.50. The number of benzene rings is 2. The fraction of sp³-hybridized carbons (Fsp3) is 0.350. The molecule has 0 radical (unpaired) electrons. The van der Waals surface area contributed by atoms with Gasteiger partial charge in [0.15, 0.2) is 11.5 Å². The first-order valence-corrected chi connectivity index (χ1v) is 13.1. The number of rotatable bonds is 6. The van der Waals surface area contributed by atoms with E-state index in [0.29, 0.717) is 44.3 Å². The van der Waals surface area contributed by atoms with Gasteiger partial charge in [0.2, 0.25) is 10.0 Å². The first kappa shape index (κ1) is 23.4. The van der Waals surface area contributed by atoms with Crippen molar-refractivity contribution in [3.63, 3.8) is 0 Å². The first-order chi connectivity index (χ1) is 15.8. The van der Waals surface area contributed by atoms with Gasteiger partial charge in [-0.1, -0.05) is 6.07 Å². The molecule has 2 aromatic rings. The molecule has 0 unspecified atom stereocenters. The lowest BCUT2D eigenvalue weighted by Gasteiger charge is -2.26. The Labute approximate surface area is 191 Å². The molecule has 2 aromatic carbocycles. The SMILES string of the molecule is O=C(NNS(=O)(=O)c1ccc2c(c1)OCCCO2)c1cccc(S(=O)(=O)N2CCOCC2)c1. The lowest BCUT2D eigenvalue weighted by Crippen LogP contribution is -2.42. The third-order valence-electron chi connectivity index (χ3n) is 5.03. The van der Waals surface area contributed by atoms with Crippen molar-refractivity contribution in [2.24, 2.45) is 0 Å². The van der Waals surface area contributed by atoms with Gasteiger partial charge in [0.05, 0.1) is 36.2 Å². The largest absolute Gasteiger partial charge is 0.490 e. The number of morpholine rings is 1. The topological polar surface area (TPSA) is 140 Å². The van der Waals surface area contributed by atoms with Crippen LogP contribution in [0.15, 0.2) is 52.3 Å². The minimum absolute atomic E-state index is 0.0225. The Hall–Kier alpha value is -2.71. The van der Waals surface area contributed by atoms with E-state index in [2.05, 4.69) is 5.43 Å². The Morgan fingerprint density at radius 3 is 2.33 bits per heavy atom. The van der Waals surface area contributed by atoms with Crippen molar-refractivity contribution in [3.8, 4) is 11.5 Å². The minimum atomic E-state index is -4.12. The van der Waals surface area contributed by atoms with Gasteiger partial charge in [0.25, 0.3) is 15.9 Å². The molecule has 2 N–H and O–H groups in total. The van der Waals surface area contributed by atoms with Crippen LogP contribution in [0.2, 0.25) is 0 Å². The van der Waals surface area contributed by atoms with Crippen LogP contribution >= 0.6 is 0 Å². The van der Waals surface area contributed by atoms with Crippen LogP contribution in [0.25, 0.3) is 0 Å². The second-order valence-electron chi connectivity index (χ2n) is 7.26. The number of carbonyl (C=O) groups excluding carboxylic acids is 1. The van der Waals surface area contributed by atoms with Gasteiger partial charge in [-0.05, 0) is 30.3 Å². The number of fused-ring (bicyclic) bond motifs is 1. The molecule has 178 valence electrons. The van der Waals surface area contributed by atoms with Crippen molar-refractivity contribution in [3.05, 3.63) is 48.0 Å². The number of hydrazine groups is 1. The lowest BCUT2D eigenvalue weighted by molar-refractivity contribution is 0.0730. The van der Waals surface area contributed by atoms with Crippen LogP contribution in [0.3, 0.4) is 0 Å². The van der Waals surface area contributed by atoms with Gasteiger partial charge in [-0.15, -0.1) is 4.83 Å². The van der Waals surface area contributed by atoms with Crippen LogP contribution in [-0.4, -0.2) is 66.6 Å². The summed E-state index contributed by atoms with van der Waals surface area (Å²) in [4.78, 5) is 14.4. The number of sulfonamides is 2. The number of nitrogens with one attached hydrogen (secondary N) is 2. The van der Waals surface area contributed by atoms with Gasteiger partial charge in [-0.2, -0.15) is 4.31 Å². The molecule has 2 aliphatic rings. The maximum atomic E-state index is 12.8. The Morgan fingerprint density at radius 1 is 0.848 bits per heavy atom. The van der Waals surface area contributed by atoms with E-state index in [1.54, 1.807) is 0 Å². The van der Waals surface area contributed by atoms with E-state index in [9.17, 15) is 21.6 Å². The molecule has 4 rings (SSSR count). The van der Waals surface area contributed by atoms with Crippen molar-refractivity contribution in [1.29, 1.82) is 0 Å². The number of hydrogen-bond acceptors (Lipinski definition) is 8. The molecule has 2 aliphatic heterocycles. The van der Waals surface area contributed by atoms with Crippen molar-refractivity contribution in [1.82, 2.24) is 14.6 Å². The highest BCUT2D eigenvalue weighted by atomic mass is 32.2. The number of amides is 1. The fourth-order valence-corrected chi connectivity index (χ4v) is 5.60. The average Bonchev–Trinajstić information content (AvgIpc) is 3.08. The summed E-state index contributed by atoms with van der Waals surface area (Å²) in [6.07, 6.45) is 0.672. The second kappa shape index (κ2) is 9.65. The van der Waals surface area contributed by atoms with Crippen LogP contribution in [-0.2, 0) is 24.8 Å². The number of ether oxygens (including phenoxy) is 3. The normalized spacial score (nSPS) is 17.2. The van der Waals surface area contributed by atoms with E-state index < -0.39 is 26.0 Å². The predicted octanol–water partition coefficient (Wildman–Crippen LogP) is 0.492. The Morgan fingerprint density at radius 2 is 1.58 bits per heavy atom. The zero-order valence-corrected chi connectivity index (χ0v) is 19.2. The molecule has 13 heteroatoms. The van der Waals surface area contributed by atoms with Gasteiger partial charge in [-0.3, -0.25) is 10.2 Å². The van der Waals surface area contributed by atoms with Gasteiger partial charge in [0.1, 0.15) is 0 Å². The molecular formula is C20H23N3O8S2. The predicted molar refractivity (Wildman–Crippen MR) is 116 cm³/mol. The van der Waals surface area contributed by atoms with Crippen molar-refractivity contribution >= 4 is 26.0 Å². The summed E-state index contributed by atoms with van der Waals surface area (Å²) < 4.78 is 68.3. The molecule has 2 heterocycles. The summed E-state index contributed by atoms with van der Waals surface area (Å²) in [5, 5.41) is 0. The summed E-state index contributed by atoms with van der Waals surface area (Å²) in [6.45, 7) is 1.88. The molecule has 1 saturated heterocycles. The molecule has 1 amide bonds. The molecule has 11 nitrogen and oxygen atoms in total. The number of carbonyl (C=O) groups is 1. The maximum absolute atomic E-state index is 12.8. The van der Waals surface area contributed by atoms with E-state index in [1.165, 1.54) is 46.8 Å². The molecular weight excluding hydrogens is 474 g/mol. The zero-order valence-electron chi connectivity index (χ0n) is 17.5. The molecule has 0 spiro atoms. The van der Waals surface area contributed by atoms with Gasteiger partial charge in [0, 0.05) is 31.1 Å². The van der Waals surface area contributed by atoms with Crippen molar-refractivity contribution in [2.75, 3.05) is 39.5 Å². The van der Waals surface area contributed by atoms with Crippen LogP contribution in [0, 0.1) is 0 Å². The number of nitrogens with zero attached hydrogens (tertiary/aromatic N) is 1. The van der Waals surface area contributed by atoms with Crippen LogP contribution in [0.5, 0.6) is 11.5 Å². The van der Waals surface area contributed by atoms with Crippen LogP contribution in [0.4, 0.5) is 0 Å². The average molecular weight is 498 g/mol. The van der Waals surface area contributed by atoms with Crippen molar-refractivity contribution < 1.29 is 35.8 Å². The molecule has 0 aromatic heterocycles.